The van der Waals surface area contributed by atoms with E-state index in [-0.39, 0.29) is 11.9 Å². The Labute approximate surface area is 206 Å². The molecule has 0 radical (unpaired) electrons. The largest absolute Gasteiger partial charge is 0.497 e. The van der Waals surface area contributed by atoms with Crippen LogP contribution in [0.3, 0.4) is 0 Å². The molecule has 2 heterocycles. The summed E-state index contributed by atoms with van der Waals surface area (Å²) in [6, 6.07) is 15.8. The van der Waals surface area contributed by atoms with Crippen LogP contribution in [-0.4, -0.2) is 54.3 Å². The van der Waals surface area contributed by atoms with Gasteiger partial charge in [0.2, 0.25) is 17.6 Å². The van der Waals surface area contributed by atoms with Gasteiger partial charge in [-0.25, -0.2) is 0 Å². The van der Waals surface area contributed by atoms with Crippen LogP contribution in [0.1, 0.15) is 50.1 Å². The third kappa shape index (κ3) is 6.82. The van der Waals surface area contributed by atoms with E-state index in [0.717, 1.165) is 30.2 Å². The summed E-state index contributed by atoms with van der Waals surface area (Å²) >= 11 is 0. The highest BCUT2D eigenvalue weighted by atomic mass is 16.5. The molecule has 8 heteroatoms. The molecule has 3 aromatic rings. The predicted octanol–water partition coefficient (Wildman–Crippen LogP) is 4.42. The molecular formula is C27H34N4O4. The number of rotatable bonds is 11. The lowest BCUT2D eigenvalue weighted by Gasteiger charge is -2.35. The lowest BCUT2D eigenvalue weighted by molar-refractivity contribution is -0.121. The van der Waals surface area contributed by atoms with Gasteiger partial charge in [0, 0.05) is 24.9 Å². The second kappa shape index (κ2) is 12.4. The molecule has 0 aliphatic carbocycles. The molecule has 1 fully saturated rings. The van der Waals surface area contributed by atoms with Crippen molar-refractivity contribution in [3.05, 3.63) is 60.0 Å². The number of carbonyl (C=O) groups is 1. The Morgan fingerprint density at radius 3 is 2.46 bits per heavy atom. The Kier molecular flexibility index (Phi) is 8.73. The minimum Gasteiger partial charge on any atom is -0.497 e. The summed E-state index contributed by atoms with van der Waals surface area (Å²) in [5, 5.41) is 7.17. The van der Waals surface area contributed by atoms with Gasteiger partial charge in [-0.1, -0.05) is 23.7 Å². The molecule has 0 saturated carbocycles. The summed E-state index contributed by atoms with van der Waals surface area (Å²) in [6.07, 6.45) is 4.33. The number of carbonyl (C=O) groups excluding carboxylic acids is 1. The van der Waals surface area contributed by atoms with Crippen LogP contribution in [0.5, 0.6) is 11.5 Å². The molecule has 186 valence electrons. The van der Waals surface area contributed by atoms with E-state index in [1.54, 1.807) is 7.11 Å². The van der Waals surface area contributed by atoms with Crippen LogP contribution in [0.2, 0.25) is 0 Å². The summed E-state index contributed by atoms with van der Waals surface area (Å²) < 4.78 is 16.1. The van der Waals surface area contributed by atoms with Gasteiger partial charge in [-0.2, -0.15) is 4.98 Å². The number of aryl methyl sites for hydroxylation is 1. The molecule has 1 saturated heterocycles. The van der Waals surface area contributed by atoms with Crippen LogP contribution < -0.4 is 14.8 Å². The smallest absolute Gasteiger partial charge is 0.227 e. The van der Waals surface area contributed by atoms with Gasteiger partial charge in [-0.05, 0) is 74.8 Å². The summed E-state index contributed by atoms with van der Waals surface area (Å²) in [7, 11) is 1.67. The quantitative estimate of drug-likeness (QED) is 0.436. The minimum absolute atomic E-state index is 0.0265. The van der Waals surface area contributed by atoms with Gasteiger partial charge < -0.3 is 19.3 Å². The van der Waals surface area contributed by atoms with E-state index in [1.165, 1.54) is 24.8 Å². The lowest BCUT2D eigenvalue weighted by Crippen LogP contribution is -2.40. The summed E-state index contributed by atoms with van der Waals surface area (Å²) in [5.74, 6) is 2.56. The summed E-state index contributed by atoms with van der Waals surface area (Å²) in [4.78, 5) is 19.6. The number of nitrogens with one attached hydrogen (secondary N) is 1. The van der Waals surface area contributed by atoms with Gasteiger partial charge in [0.25, 0.3) is 0 Å². The van der Waals surface area contributed by atoms with Crippen LogP contribution in [-0.2, 0) is 11.2 Å². The molecule has 8 nitrogen and oxygen atoms in total. The molecular weight excluding hydrogens is 444 g/mol. The topological polar surface area (TPSA) is 89.7 Å². The fourth-order valence-corrected chi connectivity index (χ4v) is 4.37. The molecule has 35 heavy (non-hydrogen) atoms. The van der Waals surface area contributed by atoms with Crippen molar-refractivity contribution in [1.29, 1.82) is 0 Å². The number of nitrogens with zero attached hydrogens (tertiary/aromatic N) is 3. The predicted molar refractivity (Wildman–Crippen MR) is 133 cm³/mol. The summed E-state index contributed by atoms with van der Waals surface area (Å²) in [5.41, 5.74) is 2.03. The van der Waals surface area contributed by atoms with Gasteiger partial charge in [0.1, 0.15) is 11.5 Å². The molecule has 2 aromatic carbocycles. The average molecular weight is 479 g/mol. The Hall–Kier alpha value is -3.39. The number of aromatic nitrogens is 2. The van der Waals surface area contributed by atoms with Crippen molar-refractivity contribution < 1.29 is 18.8 Å². The van der Waals surface area contributed by atoms with Crippen molar-refractivity contribution in [2.75, 3.05) is 33.4 Å². The number of ether oxygens (including phenoxy) is 2. The highest BCUT2D eigenvalue weighted by Crippen LogP contribution is 2.26. The van der Waals surface area contributed by atoms with Gasteiger partial charge in [0.15, 0.2) is 0 Å². The molecule has 0 spiro atoms. The van der Waals surface area contributed by atoms with Crippen LogP contribution >= 0.6 is 0 Å². The minimum atomic E-state index is -0.0265. The highest BCUT2D eigenvalue weighted by Gasteiger charge is 2.23. The van der Waals surface area contributed by atoms with Crippen molar-refractivity contribution in [2.45, 2.75) is 45.1 Å². The second-order valence-corrected chi connectivity index (χ2v) is 8.66. The summed E-state index contributed by atoms with van der Waals surface area (Å²) in [6.45, 7) is 5.22. The molecule has 1 unspecified atom stereocenters. The zero-order chi connectivity index (χ0) is 24.5. The van der Waals surface area contributed by atoms with E-state index in [4.69, 9.17) is 14.0 Å². The molecule has 1 aromatic heterocycles. The van der Waals surface area contributed by atoms with Crippen LogP contribution in [0, 0.1) is 0 Å². The molecule has 4 rings (SSSR count). The number of amides is 1. The maximum Gasteiger partial charge on any atom is 0.227 e. The number of benzene rings is 2. The van der Waals surface area contributed by atoms with Crippen molar-refractivity contribution >= 4 is 5.91 Å². The third-order valence-corrected chi connectivity index (χ3v) is 6.28. The van der Waals surface area contributed by atoms with Gasteiger partial charge in [-0.3, -0.25) is 9.69 Å². The maximum atomic E-state index is 12.7. The molecule has 1 aliphatic heterocycles. The SMILES string of the molecule is CCOc1ccc(-c2noc(CCC(=O)NCC(c3ccc(OC)cc3)N3CCCCC3)n2)cc1. The number of likely N-dealkylation sites (tertiary alicyclic amines) is 1. The van der Waals surface area contributed by atoms with E-state index in [1.807, 2.05) is 43.3 Å². The Balaban J connectivity index is 1.31. The van der Waals surface area contributed by atoms with Crippen LogP contribution in [0.25, 0.3) is 11.4 Å². The van der Waals surface area contributed by atoms with Crippen molar-refractivity contribution in [3.8, 4) is 22.9 Å². The van der Waals surface area contributed by atoms with E-state index in [9.17, 15) is 4.79 Å². The molecule has 1 aliphatic rings. The fraction of sp³-hybridized carbons (Fsp3) is 0.444. The first-order valence-electron chi connectivity index (χ1n) is 12.4. The normalized spacial score (nSPS) is 14.9. The van der Waals surface area contributed by atoms with Crippen molar-refractivity contribution in [1.82, 2.24) is 20.4 Å². The fourth-order valence-electron chi connectivity index (χ4n) is 4.37. The Morgan fingerprint density at radius 1 is 1.06 bits per heavy atom. The first-order valence-corrected chi connectivity index (χ1v) is 12.4. The number of hydrogen-bond acceptors (Lipinski definition) is 7. The highest BCUT2D eigenvalue weighted by molar-refractivity contribution is 5.76. The number of methoxy groups -OCH3 is 1. The Bertz CT molecular complexity index is 1060. The van der Waals surface area contributed by atoms with Gasteiger partial charge in [0.05, 0.1) is 19.8 Å². The van der Waals surface area contributed by atoms with Crippen LogP contribution in [0.15, 0.2) is 53.1 Å². The second-order valence-electron chi connectivity index (χ2n) is 8.66. The monoisotopic (exact) mass is 478 g/mol. The van der Waals surface area contributed by atoms with Gasteiger partial charge >= 0.3 is 0 Å². The number of piperidine rings is 1. The molecule has 0 bridgehead atoms. The Morgan fingerprint density at radius 2 is 1.77 bits per heavy atom. The lowest BCUT2D eigenvalue weighted by atomic mass is 10.0. The molecule has 1 N–H and O–H groups in total. The van der Waals surface area contributed by atoms with E-state index in [0.29, 0.717) is 37.7 Å². The molecule has 1 atom stereocenters. The van der Waals surface area contributed by atoms with Crippen LogP contribution in [0.4, 0.5) is 0 Å². The first kappa shape index (κ1) is 24.7. The molecule has 1 amide bonds. The van der Waals surface area contributed by atoms with E-state index in [2.05, 4.69) is 32.5 Å². The standard InChI is InChI=1S/C27H34N4O4/c1-3-34-23-13-9-21(10-14-23)27-29-26(35-30-27)16-15-25(32)28-19-24(31-17-5-4-6-18-31)20-7-11-22(33-2)12-8-20/h7-14,24H,3-6,15-19H2,1-2H3,(H,28,32). The number of hydrogen-bond donors (Lipinski definition) is 1. The van der Waals surface area contributed by atoms with Gasteiger partial charge in [-0.15, -0.1) is 0 Å². The van der Waals surface area contributed by atoms with E-state index >= 15 is 0 Å². The van der Waals surface area contributed by atoms with Crippen molar-refractivity contribution in [3.63, 3.8) is 0 Å². The van der Waals surface area contributed by atoms with E-state index < -0.39 is 0 Å². The average Bonchev–Trinajstić information content (AvgIpc) is 3.38. The first-order chi connectivity index (χ1) is 17.2. The maximum absolute atomic E-state index is 12.7. The van der Waals surface area contributed by atoms with Crippen molar-refractivity contribution in [2.24, 2.45) is 0 Å². The zero-order valence-corrected chi connectivity index (χ0v) is 20.5. The zero-order valence-electron chi connectivity index (χ0n) is 20.5. The third-order valence-electron chi connectivity index (χ3n) is 6.28.